The molecule has 0 aliphatic carbocycles. The number of para-hydroxylation sites is 1. The summed E-state index contributed by atoms with van der Waals surface area (Å²) < 4.78 is 18.7. The van der Waals surface area contributed by atoms with Crippen LogP contribution < -0.4 is 5.32 Å². The number of carboxylic acids is 2. The molecular formula is C28H34FN3O5S. The number of nitrogens with one attached hydrogen (secondary N) is 1. The van der Waals surface area contributed by atoms with Crippen LogP contribution in [0.5, 0.6) is 0 Å². The van der Waals surface area contributed by atoms with Crippen LogP contribution in [0.2, 0.25) is 0 Å². The van der Waals surface area contributed by atoms with Crippen molar-refractivity contribution in [1.29, 1.82) is 0 Å². The Morgan fingerprint density at radius 2 is 1.74 bits per heavy atom. The molecular weight excluding hydrogens is 509 g/mol. The Hall–Kier alpha value is -3.21. The van der Waals surface area contributed by atoms with Gasteiger partial charge in [0.2, 0.25) is 0 Å². The van der Waals surface area contributed by atoms with Crippen molar-refractivity contribution in [2.75, 3.05) is 38.2 Å². The van der Waals surface area contributed by atoms with E-state index in [1.165, 1.54) is 23.4 Å². The fourth-order valence-corrected chi connectivity index (χ4v) is 5.00. The van der Waals surface area contributed by atoms with Crippen LogP contribution >= 0.6 is 11.8 Å². The molecule has 204 valence electrons. The molecule has 2 aromatic carbocycles. The van der Waals surface area contributed by atoms with Crippen LogP contribution in [0.1, 0.15) is 30.4 Å². The van der Waals surface area contributed by atoms with Gasteiger partial charge in [-0.3, -0.25) is 4.99 Å². The number of nitrogens with zero attached hydrogens (tertiary/aromatic N) is 2. The van der Waals surface area contributed by atoms with Crippen LogP contribution in [0.3, 0.4) is 0 Å². The minimum Gasteiger partial charge on any atom is -0.478 e. The Balaban J connectivity index is 0.000000436. The van der Waals surface area contributed by atoms with Gasteiger partial charge in [0.05, 0.1) is 12.6 Å². The minimum atomic E-state index is -1.26. The van der Waals surface area contributed by atoms with Crippen LogP contribution in [0.25, 0.3) is 0 Å². The number of anilines is 1. The minimum absolute atomic E-state index is 0.186. The second-order valence-corrected chi connectivity index (χ2v) is 9.89. The zero-order chi connectivity index (χ0) is 27.2. The first-order chi connectivity index (χ1) is 18.4. The number of amidine groups is 1. The van der Waals surface area contributed by atoms with E-state index in [2.05, 4.69) is 34.5 Å². The summed E-state index contributed by atoms with van der Waals surface area (Å²) in [6.45, 7) is 4.78. The second kappa shape index (κ2) is 15.9. The maximum absolute atomic E-state index is 12.9. The van der Waals surface area contributed by atoms with Crippen LogP contribution in [-0.2, 0) is 26.5 Å². The Bertz CT molecular complexity index is 1090. The Kier molecular flexibility index (Phi) is 12.3. The third-order valence-electron chi connectivity index (χ3n) is 6.06. The average Bonchev–Trinajstić information content (AvgIpc) is 2.92. The number of hydrogen-bond acceptors (Lipinski definition) is 6. The molecule has 3 N–H and O–H groups in total. The van der Waals surface area contributed by atoms with Crippen molar-refractivity contribution in [2.24, 2.45) is 4.99 Å². The summed E-state index contributed by atoms with van der Waals surface area (Å²) in [4.78, 5) is 26.6. The molecule has 0 unspecified atom stereocenters. The molecule has 2 aliphatic rings. The second-order valence-electron chi connectivity index (χ2n) is 8.93. The van der Waals surface area contributed by atoms with Gasteiger partial charge in [-0.2, -0.15) is 0 Å². The monoisotopic (exact) mass is 543 g/mol. The molecule has 10 heteroatoms. The van der Waals surface area contributed by atoms with Gasteiger partial charge in [-0.15, -0.1) is 0 Å². The van der Waals surface area contributed by atoms with Gasteiger partial charge in [-0.05, 0) is 55.0 Å². The van der Waals surface area contributed by atoms with E-state index in [0.717, 1.165) is 68.4 Å². The third-order valence-corrected chi connectivity index (χ3v) is 7.00. The van der Waals surface area contributed by atoms with Gasteiger partial charge in [-0.25, -0.2) is 14.0 Å². The maximum atomic E-state index is 12.9. The topological polar surface area (TPSA) is 111 Å². The van der Waals surface area contributed by atoms with Crippen molar-refractivity contribution < 1.29 is 28.9 Å². The molecule has 4 rings (SSSR count). The lowest BCUT2D eigenvalue weighted by molar-refractivity contribution is -0.134. The van der Waals surface area contributed by atoms with Gasteiger partial charge < -0.3 is 25.2 Å². The molecule has 0 spiro atoms. The molecule has 38 heavy (non-hydrogen) atoms. The zero-order valence-corrected chi connectivity index (χ0v) is 22.0. The molecule has 2 aromatic rings. The average molecular weight is 544 g/mol. The quantitative estimate of drug-likeness (QED) is 0.293. The number of carbonyl (C=O) groups is 2. The molecule has 0 saturated carbocycles. The summed E-state index contributed by atoms with van der Waals surface area (Å²) in [7, 11) is 0. The van der Waals surface area contributed by atoms with Crippen molar-refractivity contribution in [2.45, 2.75) is 37.5 Å². The van der Waals surface area contributed by atoms with Crippen LogP contribution in [0.4, 0.5) is 10.1 Å². The summed E-state index contributed by atoms with van der Waals surface area (Å²) in [5.74, 6) is -1.70. The normalized spacial score (nSPS) is 16.9. The number of rotatable bonds is 10. The SMILES string of the molecule is Fc1ccc(CCOCCCN2CCC(N=C3Nc4ccccc4CS3)CC2)cc1.O=C(O)C=CC(=O)O. The molecule has 8 nitrogen and oxygen atoms in total. The van der Waals surface area contributed by atoms with E-state index in [4.69, 9.17) is 19.9 Å². The van der Waals surface area contributed by atoms with Crippen molar-refractivity contribution in [3.63, 3.8) is 0 Å². The van der Waals surface area contributed by atoms with E-state index < -0.39 is 11.9 Å². The van der Waals surface area contributed by atoms with Crippen molar-refractivity contribution >= 4 is 34.6 Å². The summed E-state index contributed by atoms with van der Waals surface area (Å²) in [6.07, 6.45) is 5.25. The zero-order valence-electron chi connectivity index (χ0n) is 21.2. The maximum Gasteiger partial charge on any atom is 0.328 e. The molecule has 0 bridgehead atoms. The van der Waals surface area contributed by atoms with Crippen molar-refractivity contribution in [3.05, 3.63) is 77.6 Å². The molecule has 0 atom stereocenters. The van der Waals surface area contributed by atoms with E-state index in [0.29, 0.717) is 24.8 Å². The number of piperidine rings is 1. The van der Waals surface area contributed by atoms with E-state index >= 15 is 0 Å². The Morgan fingerprint density at radius 3 is 2.42 bits per heavy atom. The highest BCUT2D eigenvalue weighted by Crippen LogP contribution is 2.29. The number of carboxylic acid groups (broad SMARTS) is 2. The first kappa shape index (κ1) is 29.3. The molecule has 1 fully saturated rings. The first-order valence-corrected chi connectivity index (χ1v) is 13.6. The molecule has 0 aromatic heterocycles. The smallest absolute Gasteiger partial charge is 0.328 e. The highest BCUT2D eigenvalue weighted by molar-refractivity contribution is 8.13. The van der Waals surface area contributed by atoms with Crippen LogP contribution in [-0.4, -0.2) is 71.1 Å². The van der Waals surface area contributed by atoms with Crippen molar-refractivity contribution in [3.8, 4) is 0 Å². The fourth-order valence-electron chi connectivity index (χ4n) is 4.05. The highest BCUT2D eigenvalue weighted by atomic mass is 32.2. The van der Waals surface area contributed by atoms with Crippen LogP contribution in [0.15, 0.2) is 65.7 Å². The number of aliphatic imine (C=N–C) groups is 1. The van der Waals surface area contributed by atoms with Gasteiger partial charge in [-0.1, -0.05) is 42.1 Å². The number of halogens is 1. The Labute approximate surface area is 226 Å². The number of aliphatic carboxylic acids is 2. The standard InChI is InChI=1S/C24H30FN3OS.C4H4O4/c25-21-8-6-19(7-9-21)12-17-29-16-3-13-28-14-10-22(11-15-28)26-24-27-23-5-2-1-4-20(23)18-30-24;5-3(6)1-2-4(7)8/h1-2,4-9,22H,3,10-18H2,(H,26,27);1-2H,(H,5,6)(H,7,8). The lowest BCUT2D eigenvalue weighted by atomic mass is 10.1. The number of thioether (sulfide) groups is 1. The molecule has 0 amide bonds. The summed E-state index contributed by atoms with van der Waals surface area (Å²) >= 11 is 1.81. The molecule has 0 radical (unpaired) electrons. The number of ether oxygens (including phenoxy) is 1. The van der Waals surface area contributed by atoms with Gasteiger partial charge in [0.25, 0.3) is 0 Å². The lowest BCUT2D eigenvalue weighted by Crippen LogP contribution is -2.36. The van der Waals surface area contributed by atoms with E-state index in [1.54, 1.807) is 0 Å². The lowest BCUT2D eigenvalue weighted by Gasteiger charge is -2.31. The fraction of sp³-hybridized carbons (Fsp3) is 0.393. The first-order valence-electron chi connectivity index (χ1n) is 12.6. The highest BCUT2D eigenvalue weighted by Gasteiger charge is 2.20. The van der Waals surface area contributed by atoms with E-state index in [9.17, 15) is 14.0 Å². The molecule has 1 saturated heterocycles. The largest absolute Gasteiger partial charge is 0.478 e. The summed E-state index contributed by atoms with van der Waals surface area (Å²) in [6, 6.07) is 15.6. The number of likely N-dealkylation sites (tertiary alicyclic amines) is 1. The predicted octanol–water partition coefficient (Wildman–Crippen LogP) is 4.67. The molecule has 2 heterocycles. The summed E-state index contributed by atoms with van der Waals surface area (Å²) in [5.41, 5.74) is 3.68. The van der Waals surface area contributed by atoms with Gasteiger partial charge in [0.15, 0.2) is 5.17 Å². The predicted molar refractivity (Wildman–Crippen MR) is 148 cm³/mol. The molecule has 2 aliphatic heterocycles. The number of benzene rings is 2. The van der Waals surface area contributed by atoms with Gasteiger partial charge in [0.1, 0.15) is 5.82 Å². The van der Waals surface area contributed by atoms with Crippen molar-refractivity contribution in [1.82, 2.24) is 4.90 Å². The van der Waals surface area contributed by atoms with Crippen LogP contribution in [0, 0.1) is 5.82 Å². The number of fused-ring (bicyclic) bond motifs is 1. The van der Waals surface area contributed by atoms with Gasteiger partial charge in [0, 0.05) is 49.8 Å². The third kappa shape index (κ3) is 11.0. The Morgan fingerprint density at radius 1 is 1.05 bits per heavy atom. The number of hydrogen-bond donors (Lipinski definition) is 3. The van der Waals surface area contributed by atoms with E-state index in [-0.39, 0.29) is 5.82 Å². The summed E-state index contributed by atoms with van der Waals surface area (Å²) in [5, 5.41) is 20.2. The van der Waals surface area contributed by atoms with E-state index in [1.807, 2.05) is 23.9 Å². The van der Waals surface area contributed by atoms with Gasteiger partial charge >= 0.3 is 11.9 Å².